The molecule has 1 aromatic heterocycles. The number of hydrogen-bond donors (Lipinski definition) is 1. The second-order valence-electron chi connectivity index (χ2n) is 10.6. The van der Waals surface area contributed by atoms with Crippen LogP contribution in [-0.4, -0.2) is 23.3 Å². The lowest BCUT2D eigenvalue weighted by atomic mass is 9.80. The Bertz CT molecular complexity index is 1770. The van der Waals surface area contributed by atoms with Crippen LogP contribution >= 0.6 is 0 Å². The Labute approximate surface area is 262 Å². The molecule has 6 heteroatoms. The molecular weight excluding hydrogens is 560 g/mol. The van der Waals surface area contributed by atoms with Crippen molar-refractivity contribution in [2.24, 2.45) is 5.16 Å². The van der Waals surface area contributed by atoms with Crippen LogP contribution in [0.2, 0.25) is 0 Å². The molecule has 45 heavy (non-hydrogen) atoms. The molecule has 6 aromatic rings. The molecule has 1 heterocycles. The van der Waals surface area contributed by atoms with Gasteiger partial charge in [0.15, 0.2) is 5.71 Å². The predicted molar refractivity (Wildman–Crippen MR) is 177 cm³/mol. The Morgan fingerprint density at radius 3 is 1.84 bits per heavy atom. The van der Waals surface area contributed by atoms with E-state index in [1.807, 2.05) is 146 Å². The fourth-order valence-corrected chi connectivity index (χ4v) is 5.47. The Balaban J connectivity index is 1.39. The number of esters is 1. The highest BCUT2D eigenvalue weighted by Gasteiger charge is 2.40. The van der Waals surface area contributed by atoms with Gasteiger partial charge in [0.05, 0.1) is 6.61 Å². The Kier molecular flexibility index (Phi) is 9.02. The van der Waals surface area contributed by atoms with Crippen LogP contribution in [0.5, 0.6) is 5.75 Å². The number of rotatable bonds is 12. The van der Waals surface area contributed by atoms with Crippen LogP contribution in [0.25, 0.3) is 10.9 Å². The molecule has 0 aliphatic rings. The minimum Gasteiger partial charge on any atom is -0.489 e. The van der Waals surface area contributed by atoms with Crippen LogP contribution in [0.4, 0.5) is 0 Å². The fourth-order valence-electron chi connectivity index (χ4n) is 5.47. The number of carbonyl (C=O) groups excluding carboxylic acids is 1. The Hall–Kier alpha value is -5.62. The van der Waals surface area contributed by atoms with Crippen LogP contribution in [0, 0.1) is 0 Å². The molecule has 224 valence electrons. The first-order valence-corrected chi connectivity index (χ1v) is 15.0. The summed E-state index contributed by atoms with van der Waals surface area (Å²) in [5, 5.41) is 5.55. The molecule has 0 atom stereocenters. The highest BCUT2D eigenvalue weighted by molar-refractivity contribution is 6.37. The molecule has 0 aliphatic heterocycles. The second kappa shape index (κ2) is 13.8. The fraction of sp³-hybridized carbons (Fsp3) is 0.128. The van der Waals surface area contributed by atoms with Gasteiger partial charge in [-0.05, 0) is 36.2 Å². The summed E-state index contributed by atoms with van der Waals surface area (Å²) in [6.45, 7) is 2.45. The topological polar surface area (TPSA) is 72.9 Å². The molecule has 0 bridgehead atoms. The average Bonchev–Trinajstić information content (AvgIpc) is 3.50. The summed E-state index contributed by atoms with van der Waals surface area (Å²) in [5.41, 5.74) is 4.54. The van der Waals surface area contributed by atoms with E-state index in [1.54, 1.807) is 6.92 Å². The van der Waals surface area contributed by atoms with Gasteiger partial charge in [-0.3, -0.25) is 0 Å². The molecule has 5 aromatic carbocycles. The van der Waals surface area contributed by atoms with Gasteiger partial charge in [0.2, 0.25) is 5.60 Å². The lowest BCUT2D eigenvalue weighted by molar-refractivity contribution is -0.135. The first-order valence-electron chi connectivity index (χ1n) is 15.0. The number of nitrogens with zero attached hydrogens (tertiary/aromatic N) is 1. The number of hydrogen-bond acceptors (Lipinski definition) is 5. The van der Waals surface area contributed by atoms with Crippen molar-refractivity contribution in [3.05, 3.63) is 174 Å². The van der Waals surface area contributed by atoms with Gasteiger partial charge >= 0.3 is 5.97 Å². The summed E-state index contributed by atoms with van der Waals surface area (Å²) in [6, 6.07) is 45.7. The molecule has 0 saturated carbocycles. The van der Waals surface area contributed by atoms with Crippen molar-refractivity contribution < 1.29 is 19.1 Å². The third-order valence-electron chi connectivity index (χ3n) is 7.69. The summed E-state index contributed by atoms with van der Waals surface area (Å²) in [5.74, 6) is 0.195. The van der Waals surface area contributed by atoms with Gasteiger partial charge in [-0.25, -0.2) is 4.79 Å². The third kappa shape index (κ3) is 6.50. The molecule has 0 radical (unpaired) electrons. The van der Waals surface area contributed by atoms with Crippen molar-refractivity contribution in [2.45, 2.75) is 25.6 Å². The van der Waals surface area contributed by atoms with Crippen molar-refractivity contribution in [3.63, 3.8) is 0 Å². The zero-order chi connectivity index (χ0) is 30.9. The summed E-state index contributed by atoms with van der Waals surface area (Å²) < 4.78 is 11.6. The molecule has 6 rings (SSSR count). The summed E-state index contributed by atoms with van der Waals surface area (Å²) in [7, 11) is 0. The zero-order valence-corrected chi connectivity index (χ0v) is 25.1. The number of benzene rings is 5. The van der Waals surface area contributed by atoms with Crippen molar-refractivity contribution in [2.75, 3.05) is 6.61 Å². The SMILES string of the molecule is CCOC(=O)/C(Cc1c[nH]c2ccc(OCc3ccccc3)cc12)=N/OC(c1ccccc1)(c1ccccc1)c1ccccc1. The normalized spacial score (nSPS) is 11.7. The third-order valence-corrected chi connectivity index (χ3v) is 7.69. The van der Waals surface area contributed by atoms with E-state index in [-0.39, 0.29) is 18.7 Å². The molecule has 6 nitrogen and oxygen atoms in total. The van der Waals surface area contributed by atoms with Crippen LogP contribution < -0.4 is 4.74 Å². The van der Waals surface area contributed by atoms with E-state index >= 15 is 0 Å². The largest absolute Gasteiger partial charge is 0.489 e. The van der Waals surface area contributed by atoms with Crippen molar-refractivity contribution in [1.29, 1.82) is 0 Å². The number of oxime groups is 1. The number of ether oxygens (including phenoxy) is 2. The standard InChI is InChI=1S/C39H34N2O4/c1-2-43-38(42)37(25-30-27-40-36-24-23-34(26-35(30)36)44-28-29-15-7-3-8-16-29)41-45-39(31-17-9-4-10-18-31,32-19-11-5-12-20-32)33-21-13-6-14-22-33/h3-24,26-27,40H,2,25,28H2,1H3/b41-37+. The van der Waals surface area contributed by atoms with Crippen LogP contribution in [0.1, 0.15) is 34.7 Å². The molecule has 0 unspecified atom stereocenters. The van der Waals surface area contributed by atoms with E-state index in [1.165, 1.54) is 0 Å². The van der Waals surface area contributed by atoms with Crippen LogP contribution in [-0.2, 0) is 33.0 Å². The predicted octanol–water partition coefficient (Wildman–Crippen LogP) is 8.22. The maximum absolute atomic E-state index is 13.4. The number of aromatic amines is 1. The number of fused-ring (bicyclic) bond motifs is 1. The minimum absolute atomic E-state index is 0.153. The highest BCUT2D eigenvalue weighted by Crippen LogP contribution is 2.40. The van der Waals surface area contributed by atoms with Gasteiger partial charge in [-0.2, -0.15) is 0 Å². The summed E-state index contributed by atoms with van der Waals surface area (Å²) in [4.78, 5) is 23.3. The van der Waals surface area contributed by atoms with Gasteiger partial charge in [-0.15, -0.1) is 0 Å². The molecule has 0 spiro atoms. The van der Waals surface area contributed by atoms with E-state index in [4.69, 9.17) is 14.3 Å². The first-order chi connectivity index (χ1) is 22.2. The second-order valence-corrected chi connectivity index (χ2v) is 10.6. The number of nitrogens with one attached hydrogen (secondary N) is 1. The van der Waals surface area contributed by atoms with Crippen molar-refractivity contribution in [1.82, 2.24) is 4.98 Å². The van der Waals surface area contributed by atoms with E-state index < -0.39 is 11.6 Å². The molecule has 0 amide bonds. The van der Waals surface area contributed by atoms with E-state index in [2.05, 4.69) is 10.1 Å². The van der Waals surface area contributed by atoms with Crippen LogP contribution in [0.3, 0.4) is 0 Å². The van der Waals surface area contributed by atoms with E-state index in [9.17, 15) is 4.79 Å². The number of H-pyrrole nitrogens is 1. The minimum atomic E-state index is -1.12. The maximum atomic E-state index is 13.4. The smallest absolute Gasteiger partial charge is 0.356 e. The molecule has 0 aliphatic carbocycles. The molecule has 0 saturated heterocycles. The summed E-state index contributed by atoms with van der Waals surface area (Å²) in [6.07, 6.45) is 2.08. The van der Waals surface area contributed by atoms with Crippen LogP contribution in [0.15, 0.2) is 151 Å². The maximum Gasteiger partial charge on any atom is 0.356 e. The lowest BCUT2D eigenvalue weighted by Crippen LogP contribution is -2.32. The lowest BCUT2D eigenvalue weighted by Gasteiger charge is -2.33. The summed E-state index contributed by atoms with van der Waals surface area (Å²) >= 11 is 0. The average molecular weight is 595 g/mol. The quantitative estimate of drug-likeness (QED) is 0.0671. The molecule has 0 fully saturated rings. The Morgan fingerprint density at radius 1 is 0.733 bits per heavy atom. The van der Waals surface area contributed by atoms with Gasteiger partial charge < -0.3 is 19.3 Å². The zero-order valence-electron chi connectivity index (χ0n) is 25.1. The van der Waals surface area contributed by atoms with Crippen molar-refractivity contribution >= 4 is 22.6 Å². The number of carbonyl (C=O) groups is 1. The monoisotopic (exact) mass is 594 g/mol. The number of aromatic nitrogens is 1. The molecular formula is C39H34N2O4. The van der Waals surface area contributed by atoms with Gasteiger partial charge in [0, 0.05) is 40.2 Å². The first kappa shape index (κ1) is 29.5. The van der Waals surface area contributed by atoms with Gasteiger partial charge in [0.25, 0.3) is 0 Å². The van der Waals surface area contributed by atoms with Gasteiger partial charge in [0.1, 0.15) is 12.4 Å². The van der Waals surface area contributed by atoms with Crippen molar-refractivity contribution in [3.8, 4) is 5.75 Å². The highest BCUT2D eigenvalue weighted by atomic mass is 16.7. The van der Waals surface area contributed by atoms with E-state index in [0.717, 1.165) is 44.5 Å². The molecule has 1 N–H and O–H groups in total. The Morgan fingerprint density at radius 2 is 1.29 bits per heavy atom. The van der Waals surface area contributed by atoms with Gasteiger partial charge in [-0.1, -0.05) is 126 Å². The van der Waals surface area contributed by atoms with E-state index in [0.29, 0.717) is 6.61 Å².